The minimum atomic E-state index is -0.802. The molecule has 0 aliphatic rings. The fraction of sp³-hybridized carbons (Fsp3) is 0.353. The van der Waals surface area contributed by atoms with E-state index in [9.17, 15) is 9.59 Å². The third-order valence-corrected chi connectivity index (χ3v) is 3.91. The largest absolute Gasteiger partial charge is 0.464 e. The van der Waals surface area contributed by atoms with Crippen molar-refractivity contribution in [3.63, 3.8) is 0 Å². The maximum atomic E-state index is 12.7. The van der Waals surface area contributed by atoms with Gasteiger partial charge in [-0.25, -0.2) is 9.78 Å². The van der Waals surface area contributed by atoms with Crippen LogP contribution in [-0.2, 0) is 16.1 Å². The number of carbonyl (C=O) groups is 2. The van der Waals surface area contributed by atoms with E-state index < -0.39 is 11.3 Å². The van der Waals surface area contributed by atoms with Crippen LogP contribution in [0, 0.1) is 0 Å². The molecule has 128 valence electrons. The molecule has 0 radical (unpaired) electrons. The summed E-state index contributed by atoms with van der Waals surface area (Å²) in [5, 5.41) is -0.802. The fourth-order valence-corrected chi connectivity index (χ4v) is 2.42. The van der Waals surface area contributed by atoms with Crippen molar-refractivity contribution in [3.05, 3.63) is 53.7 Å². The van der Waals surface area contributed by atoms with E-state index in [2.05, 4.69) is 9.72 Å². The van der Waals surface area contributed by atoms with Crippen LogP contribution in [0.15, 0.2) is 41.0 Å². The molecular weight excluding hydrogens is 332 g/mol. The number of amides is 1. The SMILES string of the molecule is COC(=O)c1coc(CN(C(=O)[C@@H](Cl)c2ccccc2)C(C)C)n1. The van der Waals surface area contributed by atoms with Crippen LogP contribution in [0.2, 0.25) is 0 Å². The van der Waals surface area contributed by atoms with Gasteiger partial charge in [-0.2, -0.15) is 0 Å². The minimum absolute atomic E-state index is 0.0640. The zero-order chi connectivity index (χ0) is 17.7. The van der Waals surface area contributed by atoms with Crippen LogP contribution < -0.4 is 0 Å². The molecule has 1 heterocycles. The van der Waals surface area contributed by atoms with Crippen LogP contribution in [0.3, 0.4) is 0 Å². The summed E-state index contributed by atoms with van der Waals surface area (Å²) >= 11 is 6.32. The number of nitrogens with zero attached hydrogens (tertiary/aromatic N) is 2. The average Bonchev–Trinajstić information content (AvgIpc) is 3.07. The molecule has 2 rings (SSSR count). The molecule has 6 nitrogen and oxygen atoms in total. The Labute approximate surface area is 145 Å². The van der Waals surface area contributed by atoms with Crippen LogP contribution in [0.5, 0.6) is 0 Å². The minimum Gasteiger partial charge on any atom is -0.464 e. The molecule has 0 aliphatic carbocycles. The number of rotatable bonds is 6. The number of benzene rings is 1. The molecule has 7 heteroatoms. The Morgan fingerprint density at radius 1 is 1.29 bits per heavy atom. The number of esters is 1. The van der Waals surface area contributed by atoms with Crippen LogP contribution in [0.1, 0.15) is 41.2 Å². The summed E-state index contributed by atoms with van der Waals surface area (Å²) < 4.78 is 9.84. The van der Waals surface area contributed by atoms with E-state index in [0.717, 1.165) is 5.56 Å². The molecule has 0 spiro atoms. The summed E-state index contributed by atoms with van der Waals surface area (Å²) in [6.45, 7) is 3.86. The highest BCUT2D eigenvalue weighted by molar-refractivity contribution is 6.30. The van der Waals surface area contributed by atoms with E-state index in [4.69, 9.17) is 16.0 Å². The molecule has 1 aromatic carbocycles. The van der Waals surface area contributed by atoms with Gasteiger partial charge >= 0.3 is 5.97 Å². The van der Waals surface area contributed by atoms with Crippen molar-refractivity contribution in [3.8, 4) is 0 Å². The van der Waals surface area contributed by atoms with Crippen LogP contribution in [-0.4, -0.2) is 34.9 Å². The molecule has 0 bridgehead atoms. The first-order chi connectivity index (χ1) is 11.4. The molecule has 2 aromatic rings. The molecule has 0 unspecified atom stereocenters. The highest BCUT2D eigenvalue weighted by atomic mass is 35.5. The van der Waals surface area contributed by atoms with Gasteiger partial charge < -0.3 is 14.1 Å². The summed E-state index contributed by atoms with van der Waals surface area (Å²) in [4.78, 5) is 29.7. The van der Waals surface area contributed by atoms with E-state index in [1.165, 1.54) is 13.4 Å². The van der Waals surface area contributed by atoms with E-state index in [-0.39, 0.29) is 30.1 Å². The van der Waals surface area contributed by atoms with Gasteiger partial charge in [0.1, 0.15) is 11.6 Å². The van der Waals surface area contributed by atoms with Crippen molar-refractivity contribution in [1.82, 2.24) is 9.88 Å². The number of oxazole rings is 1. The first-order valence-corrected chi connectivity index (χ1v) is 7.90. The molecule has 1 atom stereocenters. The lowest BCUT2D eigenvalue weighted by Gasteiger charge is -2.27. The number of ether oxygens (including phenoxy) is 1. The normalized spacial score (nSPS) is 12.0. The number of hydrogen-bond acceptors (Lipinski definition) is 5. The zero-order valence-corrected chi connectivity index (χ0v) is 14.5. The maximum absolute atomic E-state index is 12.7. The number of carbonyl (C=O) groups excluding carboxylic acids is 2. The molecule has 0 fully saturated rings. The summed E-state index contributed by atoms with van der Waals surface area (Å²) in [5.74, 6) is -0.600. The standard InChI is InChI=1S/C17H19ClN2O4/c1-11(2)20(9-14-19-13(10-24-14)17(22)23-3)16(21)15(18)12-7-5-4-6-8-12/h4-8,10-11,15H,9H2,1-3H3/t15-/m0/s1. The van der Waals surface area contributed by atoms with E-state index >= 15 is 0 Å². The van der Waals surface area contributed by atoms with Gasteiger partial charge in [0.2, 0.25) is 11.8 Å². The first kappa shape index (κ1) is 18.0. The van der Waals surface area contributed by atoms with Gasteiger partial charge in [-0.3, -0.25) is 4.79 Å². The Bertz CT molecular complexity index is 700. The van der Waals surface area contributed by atoms with Crippen molar-refractivity contribution in [2.45, 2.75) is 31.8 Å². The van der Waals surface area contributed by atoms with Crippen LogP contribution >= 0.6 is 11.6 Å². The molecule has 24 heavy (non-hydrogen) atoms. The maximum Gasteiger partial charge on any atom is 0.360 e. The highest BCUT2D eigenvalue weighted by Crippen LogP contribution is 2.24. The predicted octanol–water partition coefficient (Wildman–Crippen LogP) is 3.18. The van der Waals surface area contributed by atoms with Gasteiger partial charge in [-0.05, 0) is 19.4 Å². The van der Waals surface area contributed by atoms with E-state index in [1.54, 1.807) is 17.0 Å². The lowest BCUT2D eigenvalue weighted by molar-refractivity contribution is -0.133. The monoisotopic (exact) mass is 350 g/mol. The molecule has 0 N–H and O–H groups in total. The molecule has 1 amide bonds. The number of aromatic nitrogens is 1. The van der Waals surface area contributed by atoms with Crippen LogP contribution in [0.25, 0.3) is 0 Å². The lowest BCUT2D eigenvalue weighted by atomic mass is 10.1. The summed E-state index contributed by atoms with van der Waals surface area (Å²) in [5.41, 5.74) is 0.784. The Hall–Kier alpha value is -2.34. The first-order valence-electron chi connectivity index (χ1n) is 7.46. The quantitative estimate of drug-likeness (QED) is 0.591. The molecular formula is C17H19ClN2O4. The van der Waals surface area contributed by atoms with Crippen LogP contribution in [0.4, 0.5) is 0 Å². The third kappa shape index (κ3) is 4.14. The zero-order valence-electron chi connectivity index (χ0n) is 13.7. The smallest absolute Gasteiger partial charge is 0.360 e. The van der Waals surface area contributed by atoms with Gasteiger partial charge in [0.15, 0.2) is 5.69 Å². The molecule has 0 aliphatic heterocycles. The van der Waals surface area contributed by atoms with Gasteiger partial charge in [0.25, 0.3) is 0 Å². The van der Waals surface area contributed by atoms with Gasteiger partial charge in [-0.1, -0.05) is 30.3 Å². The summed E-state index contributed by atoms with van der Waals surface area (Å²) in [7, 11) is 1.26. The highest BCUT2D eigenvalue weighted by Gasteiger charge is 2.27. The second-order valence-corrected chi connectivity index (χ2v) is 5.89. The summed E-state index contributed by atoms with van der Waals surface area (Å²) in [6.07, 6.45) is 1.21. The number of alkyl halides is 1. The van der Waals surface area contributed by atoms with Crippen molar-refractivity contribution in [2.75, 3.05) is 7.11 Å². The van der Waals surface area contributed by atoms with Crippen molar-refractivity contribution >= 4 is 23.5 Å². The van der Waals surface area contributed by atoms with E-state index in [1.807, 2.05) is 32.0 Å². The Morgan fingerprint density at radius 3 is 2.54 bits per heavy atom. The molecule has 1 aromatic heterocycles. The van der Waals surface area contributed by atoms with Gasteiger partial charge in [0, 0.05) is 6.04 Å². The molecule has 0 saturated carbocycles. The van der Waals surface area contributed by atoms with Crippen molar-refractivity contribution in [1.29, 1.82) is 0 Å². The van der Waals surface area contributed by atoms with Gasteiger partial charge in [0.05, 0.1) is 13.7 Å². The average molecular weight is 351 g/mol. The van der Waals surface area contributed by atoms with Gasteiger partial charge in [-0.15, -0.1) is 11.6 Å². The second-order valence-electron chi connectivity index (χ2n) is 5.45. The number of hydrogen-bond donors (Lipinski definition) is 0. The summed E-state index contributed by atoms with van der Waals surface area (Å²) in [6, 6.07) is 9.00. The predicted molar refractivity (Wildman–Crippen MR) is 88.6 cm³/mol. The fourth-order valence-electron chi connectivity index (χ4n) is 2.15. The third-order valence-electron chi connectivity index (χ3n) is 3.47. The number of methoxy groups -OCH3 is 1. The molecule has 0 saturated heterocycles. The Balaban J connectivity index is 2.16. The topological polar surface area (TPSA) is 72.6 Å². The second kappa shape index (κ2) is 7.97. The Kier molecular flexibility index (Phi) is 5.98. The number of halogens is 1. The Morgan fingerprint density at radius 2 is 1.96 bits per heavy atom. The van der Waals surface area contributed by atoms with Crippen molar-refractivity contribution < 1.29 is 18.7 Å². The van der Waals surface area contributed by atoms with Crippen molar-refractivity contribution in [2.24, 2.45) is 0 Å². The van der Waals surface area contributed by atoms with E-state index in [0.29, 0.717) is 0 Å². The lowest BCUT2D eigenvalue weighted by Crippen LogP contribution is -2.38.